The van der Waals surface area contributed by atoms with E-state index in [4.69, 9.17) is 9.26 Å². The van der Waals surface area contributed by atoms with Crippen molar-refractivity contribution < 1.29 is 26.1 Å². The van der Waals surface area contributed by atoms with Crippen molar-refractivity contribution in [3.8, 4) is 0 Å². The molecule has 2 saturated heterocycles. The van der Waals surface area contributed by atoms with Crippen molar-refractivity contribution in [2.45, 2.75) is 42.8 Å². The van der Waals surface area contributed by atoms with Gasteiger partial charge in [-0.3, -0.25) is 0 Å². The lowest BCUT2D eigenvalue weighted by Gasteiger charge is -2.44. The lowest BCUT2D eigenvalue weighted by atomic mass is 10.2. The highest BCUT2D eigenvalue weighted by Crippen LogP contribution is 2.30. The summed E-state index contributed by atoms with van der Waals surface area (Å²) in [5.41, 5.74) is 1.17. The fraction of sp³-hybridized carbons (Fsp3) is 0.500. The van der Waals surface area contributed by atoms with Crippen LogP contribution in [0.4, 0.5) is 0 Å². The molecule has 2 bridgehead atoms. The summed E-state index contributed by atoms with van der Waals surface area (Å²) in [4.78, 5) is 0.305. The van der Waals surface area contributed by atoms with Gasteiger partial charge in [-0.2, -0.15) is 8.61 Å². The number of sulfonamides is 2. The molecule has 29 heavy (non-hydrogen) atoms. The molecule has 0 aliphatic carbocycles. The van der Waals surface area contributed by atoms with Gasteiger partial charge >= 0.3 is 0 Å². The first kappa shape index (κ1) is 20.5. The summed E-state index contributed by atoms with van der Waals surface area (Å²) in [6.45, 7) is 5.32. The summed E-state index contributed by atoms with van der Waals surface area (Å²) in [7, 11) is -7.48. The largest absolute Gasteiger partial charge is 0.369 e. The topological polar surface area (TPSA) is 110 Å². The number of nitrogens with zero attached hydrogens (tertiary/aromatic N) is 3. The third-order valence-electron chi connectivity index (χ3n) is 5.21. The molecule has 2 atom stereocenters. The monoisotopic (exact) mass is 441 g/mol. The first-order valence-electron chi connectivity index (χ1n) is 9.24. The maximum Gasteiger partial charge on any atom is 0.248 e. The Labute approximate surface area is 170 Å². The molecular weight excluding hydrogens is 418 g/mol. The average Bonchev–Trinajstić information content (AvgIpc) is 3.00. The first-order chi connectivity index (χ1) is 13.6. The van der Waals surface area contributed by atoms with Crippen LogP contribution in [0.2, 0.25) is 0 Å². The summed E-state index contributed by atoms with van der Waals surface area (Å²) in [5.74, 6) is 0.239. The van der Waals surface area contributed by atoms with Crippen LogP contribution in [0.3, 0.4) is 0 Å². The number of morpholine rings is 2. The maximum absolute atomic E-state index is 13.1. The fourth-order valence-corrected chi connectivity index (χ4v) is 7.31. The molecule has 4 rings (SSSR count). The van der Waals surface area contributed by atoms with Crippen LogP contribution in [-0.2, 0) is 24.8 Å². The number of hydrogen-bond donors (Lipinski definition) is 0. The molecule has 11 heteroatoms. The van der Waals surface area contributed by atoms with Crippen LogP contribution in [0.25, 0.3) is 0 Å². The molecule has 2 fully saturated rings. The maximum atomic E-state index is 13.1. The summed E-state index contributed by atoms with van der Waals surface area (Å²) in [6.07, 6.45) is -1.09. The van der Waals surface area contributed by atoms with Crippen LogP contribution in [0.5, 0.6) is 0 Å². The first-order valence-corrected chi connectivity index (χ1v) is 12.1. The minimum absolute atomic E-state index is 0.0710. The van der Waals surface area contributed by atoms with Crippen molar-refractivity contribution in [2.24, 2.45) is 0 Å². The zero-order valence-electron chi connectivity index (χ0n) is 16.4. The van der Waals surface area contributed by atoms with Gasteiger partial charge in [-0.05, 0) is 38.5 Å². The Bertz CT molecular complexity index is 1110. The van der Waals surface area contributed by atoms with Crippen molar-refractivity contribution in [1.29, 1.82) is 0 Å². The molecule has 0 amide bonds. The molecule has 2 aliphatic rings. The van der Waals surface area contributed by atoms with Crippen LogP contribution >= 0.6 is 0 Å². The van der Waals surface area contributed by atoms with E-state index in [0.717, 1.165) is 5.56 Å². The van der Waals surface area contributed by atoms with E-state index in [-0.39, 0.29) is 41.7 Å². The predicted molar refractivity (Wildman–Crippen MR) is 103 cm³/mol. The number of hydrogen-bond acceptors (Lipinski definition) is 7. The Balaban J connectivity index is 1.57. The third-order valence-corrected chi connectivity index (χ3v) is 9.11. The molecule has 0 radical (unpaired) electrons. The number of rotatable bonds is 4. The Morgan fingerprint density at radius 2 is 1.52 bits per heavy atom. The van der Waals surface area contributed by atoms with Crippen LogP contribution in [0.1, 0.15) is 17.0 Å². The molecule has 0 unspecified atom stereocenters. The van der Waals surface area contributed by atoms with Gasteiger partial charge in [-0.25, -0.2) is 16.8 Å². The van der Waals surface area contributed by atoms with Crippen molar-refractivity contribution in [3.63, 3.8) is 0 Å². The molecule has 0 N–H and O–H groups in total. The van der Waals surface area contributed by atoms with E-state index in [2.05, 4.69) is 5.16 Å². The van der Waals surface area contributed by atoms with Crippen molar-refractivity contribution >= 4 is 20.0 Å². The van der Waals surface area contributed by atoms with E-state index < -0.39 is 32.3 Å². The summed E-state index contributed by atoms with van der Waals surface area (Å²) in [5, 5.41) is 3.73. The Morgan fingerprint density at radius 1 is 0.931 bits per heavy atom. The van der Waals surface area contributed by atoms with Gasteiger partial charge in [0.1, 0.15) is 10.6 Å². The Hall–Kier alpha value is -1.79. The molecule has 2 aromatic rings. The zero-order chi connectivity index (χ0) is 21.0. The highest BCUT2D eigenvalue weighted by atomic mass is 32.2. The lowest BCUT2D eigenvalue weighted by molar-refractivity contribution is -0.104. The zero-order valence-corrected chi connectivity index (χ0v) is 18.0. The van der Waals surface area contributed by atoms with Gasteiger partial charge in [-0.1, -0.05) is 17.3 Å². The van der Waals surface area contributed by atoms with Gasteiger partial charge < -0.3 is 9.26 Å². The van der Waals surface area contributed by atoms with Gasteiger partial charge in [-0.15, -0.1) is 0 Å². The minimum Gasteiger partial charge on any atom is -0.369 e. The summed E-state index contributed by atoms with van der Waals surface area (Å²) in [6, 6.07) is 6.75. The second-order valence-corrected chi connectivity index (χ2v) is 11.3. The van der Waals surface area contributed by atoms with Gasteiger partial charge in [0.05, 0.1) is 17.1 Å². The van der Waals surface area contributed by atoms with Crippen LogP contribution in [0, 0.1) is 20.8 Å². The molecule has 0 saturated carbocycles. The normalized spacial score (nSPS) is 24.0. The third kappa shape index (κ3) is 3.61. The molecule has 3 heterocycles. The van der Waals surface area contributed by atoms with Gasteiger partial charge in [0.2, 0.25) is 20.0 Å². The summed E-state index contributed by atoms with van der Waals surface area (Å²) >= 11 is 0. The van der Waals surface area contributed by atoms with Crippen molar-refractivity contribution in [3.05, 3.63) is 41.3 Å². The Morgan fingerprint density at radius 3 is 2.03 bits per heavy atom. The van der Waals surface area contributed by atoms with E-state index in [1.807, 2.05) is 13.0 Å². The van der Waals surface area contributed by atoms with Gasteiger partial charge in [0, 0.05) is 26.2 Å². The second-order valence-electron chi connectivity index (χ2n) is 7.49. The summed E-state index contributed by atoms with van der Waals surface area (Å²) < 4.78 is 65.9. The molecule has 2 aliphatic heterocycles. The number of benzene rings is 1. The number of fused-ring (bicyclic) bond motifs is 2. The molecule has 1 aromatic carbocycles. The number of aryl methyl sites for hydroxylation is 3. The highest BCUT2D eigenvalue weighted by molar-refractivity contribution is 7.89. The van der Waals surface area contributed by atoms with Crippen LogP contribution in [0.15, 0.2) is 38.6 Å². The van der Waals surface area contributed by atoms with E-state index in [0.29, 0.717) is 5.69 Å². The molecular formula is C18H23N3O6S2. The molecule has 9 nitrogen and oxygen atoms in total. The van der Waals surface area contributed by atoms with Gasteiger partial charge in [0.15, 0.2) is 5.76 Å². The van der Waals surface area contributed by atoms with E-state index in [1.165, 1.54) is 8.61 Å². The standard InChI is InChI=1S/C18H23N3O6S2/c1-12-5-4-6-17(7-12)28(22,23)20-8-15-10-21(11-16(9-20)26-15)29(24,25)18-13(2)19-27-14(18)3/h4-7,15-16H,8-11H2,1-3H3/t15-,16+. The SMILES string of the molecule is Cc1cccc(S(=O)(=O)N2C[C@@H]3CN(S(=O)(=O)c4c(C)noc4C)C[C@H](C2)O3)c1. The van der Waals surface area contributed by atoms with E-state index in [1.54, 1.807) is 32.0 Å². The van der Waals surface area contributed by atoms with E-state index >= 15 is 0 Å². The lowest BCUT2D eigenvalue weighted by Crippen LogP contribution is -2.61. The quantitative estimate of drug-likeness (QED) is 0.698. The predicted octanol–water partition coefficient (Wildman–Crippen LogP) is 1.06. The number of ether oxygens (including phenoxy) is 1. The second kappa shape index (κ2) is 7.17. The minimum atomic E-state index is -3.80. The van der Waals surface area contributed by atoms with Gasteiger partial charge in [0.25, 0.3) is 0 Å². The average molecular weight is 442 g/mol. The van der Waals surface area contributed by atoms with Crippen LogP contribution in [-0.4, -0.2) is 69.0 Å². The van der Waals surface area contributed by atoms with E-state index in [9.17, 15) is 16.8 Å². The van der Waals surface area contributed by atoms with Crippen LogP contribution < -0.4 is 0 Å². The molecule has 158 valence electrons. The van der Waals surface area contributed by atoms with Crippen molar-refractivity contribution in [1.82, 2.24) is 13.8 Å². The fourth-order valence-electron chi connectivity index (χ4n) is 3.91. The molecule has 1 aromatic heterocycles. The molecule has 0 spiro atoms. The van der Waals surface area contributed by atoms with Crippen molar-refractivity contribution in [2.75, 3.05) is 26.2 Å². The highest BCUT2D eigenvalue weighted by Gasteiger charge is 2.44. The smallest absolute Gasteiger partial charge is 0.248 e. The Kier molecular flexibility index (Phi) is 5.06. The number of aromatic nitrogens is 1.